The summed E-state index contributed by atoms with van der Waals surface area (Å²) in [5.41, 5.74) is 7.79. The molecule has 2 aromatic heterocycles. The monoisotopic (exact) mass is 336 g/mol. The van der Waals surface area contributed by atoms with Gasteiger partial charge in [0.15, 0.2) is 11.5 Å². The lowest BCUT2D eigenvalue weighted by atomic mass is 10.0. The summed E-state index contributed by atoms with van der Waals surface area (Å²) in [5.74, 6) is -0.537. The molecule has 0 atom stereocenters. The normalized spacial score (nSPS) is 10.5. The summed E-state index contributed by atoms with van der Waals surface area (Å²) in [6, 6.07) is 6.72. The van der Waals surface area contributed by atoms with Gasteiger partial charge in [0.1, 0.15) is 6.33 Å². The Bertz CT molecular complexity index is 933. The number of aryl methyl sites for hydroxylation is 2. The van der Waals surface area contributed by atoms with Gasteiger partial charge in [-0.3, -0.25) is 14.2 Å². The number of imidazole rings is 1. The standard InChI is InChI=1S/C17H16N6O2/c1-10-7-11(2)15(16(18)24)13(8-10)20-17(25)12-3-4-14(22-21-12)23-6-5-19-9-23/h3-9H,1-2H3,(H2,18,24)(H,20,25). The van der Waals surface area contributed by atoms with Gasteiger partial charge in [-0.15, -0.1) is 10.2 Å². The first-order valence-corrected chi connectivity index (χ1v) is 7.50. The molecule has 0 aliphatic heterocycles. The van der Waals surface area contributed by atoms with E-state index in [1.807, 2.05) is 13.0 Å². The quantitative estimate of drug-likeness (QED) is 0.751. The Balaban J connectivity index is 1.87. The maximum absolute atomic E-state index is 12.4. The van der Waals surface area contributed by atoms with Crippen molar-refractivity contribution in [3.8, 4) is 5.82 Å². The maximum Gasteiger partial charge on any atom is 0.276 e. The number of nitrogens with zero attached hydrogens (tertiary/aromatic N) is 4. The van der Waals surface area contributed by atoms with Gasteiger partial charge >= 0.3 is 0 Å². The number of nitrogens with one attached hydrogen (secondary N) is 1. The third-order valence-corrected chi connectivity index (χ3v) is 3.63. The van der Waals surface area contributed by atoms with E-state index in [0.29, 0.717) is 17.1 Å². The van der Waals surface area contributed by atoms with Gasteiger partial charge in [-0.2, -0.15) is 0 Å². The van der Waals surface area contributed by atoms with E-state index in [0.717, 1.165) is 5.56 Å². The van der Waals surface area contributed by atoms with Crippen LogP contribution >= 0.6 is 0 Å². The molecule has 126 valence electrons. The minimum absolute atomic E-state index is 0.124. The molecule has 0 fully saturated rings. The van der Waals surface area contributed by atoms with E-state index in [-0.39, 0.29) is 11.3 Å². The molecule has 0 saturated heterocycles. The lowest BCUT2D eigenvalue weighted by Gasteiger charge is -2.12. The second-order valence-electron chi connectivity index (χ2n) is 5.57. The Labute approximate surface area is 143 Å². The van der Waals surface area contributed by atoms with Crippen LogP contribution < -0.4 is 11.1 Å². The summed E-state index contributed by atoms with van der Waals surface area (Å²) in [7, 11) is 0. The highest BCUT2D eigenvalue weighted by Crippen LogP contribution is 2.22. The van der Waals surface area contributed by atoms with Crippen molar-refractivity contribution in [1.29, 1.82) is 0 Å². The first-order chi connectivity index (χ1) is 12.0. The van der Waals surface area contributed by atoms with Gasteiger partial charge in [0, 0.05) is 12.4 Å². The first kappa shape index (κ1) is 16.3. The highest BCUT2D eigenvalue weighted by Gasteiger charge is 2.16. The number of hydrogen-bond acceptors (Lipinski definition) is 5. The summed E-state index contributed by atoms with van der Waals surface area (Å²) in [4.78, 5) is 28.0. The fraction of sp³-hybridized carbons (Fsp3) is 0.118. The summed E-state index contributed by atoms with van der Waals surface area (Å²) >= 11 is 0. The molecule has 0 saturated carbocycles. The van der Waals surface area contributed by atoms with E-state index < -0.39 is 11.8 Å². The molecular weight excluding hydrogens is 320 g/mol. The van der Waals surface area contributed by atoms with Crippen molar-refractivity contribution >= 4 is 17.5 Å². The van der Waals surface area contributed by atoms with Gasteiger partial charge in [0.05, 0.1) is 11.3 Å². The topological polar surface area (TPSA) is 116 Å². The molecule has 0 bridgehead atoms. The number of carbonyl (C=O) groups is 2. The van der Waals surface area contributed by atoms with E-state index in [4.69, 9.17) is 5.73 Å². The third kappa shape index (κ3) is 3.37. The molecule has 0 radical (unpaired) electrons. The van der Waals surface area contributed by atoms with Crippen molar-refractivity contribution < 1.29 is 9.59 Å². The van der Waals surface area contributed by atoms with Crippen LogP contribution in [0.1, 0.15) is 32.0 Å². The van der Waals surface area contributed by atoms with Crippen LogP contribution in [0.15, 0.2) is 43.0 Å². The largest absolute Gasteiger partial charge is 0.366 e. The van der Waals surface area contributed by atoms with Gasteiger partial charge < -0.3 is 11.1 Å². The first-order valence-electron chi connectivity index (χ1n) is 7.50. The Morgan fingerprint density at radius 2 is 1.96 bits per heavy atom. The Morgan fingerprint density at radius 3 is 2.56 bits per heavy atom. The number of anilines is 1. The predicted molar refractivity (Wildman–Crippen MR) is 91.5 cm³/mol. The van der Waals surface area contributed by atoms with Gasteiger partial charge in [-0.1, -0.05) is 6.07 Å². The van der Waals surface area contributed by atoms with E-state index in [2.05, 4.69) is 20.5 Å². The van der Waals surface area contributed by atoms with Crippen LogP contribution in [0.25, 0.3) is 5.82 Å². The number of amides is 2. The molecular formula is C17H16N6O2. The number of carbonyl (C=O) groups excluding carboxylic acids is 2. The number of benzene rings is 1. The fourth-order valence-corrected chi connectivity index (χ4v) is 2.56. The molecule has 0 aliphatic rings. The molecule has 3 rings (SSSR count). The highest BCUT2D eigenvalue weighted by atomic mass is 16.2. The lowest BCUT2D eigenvalue weighted by molar-refractivity contribution is 0.100. The zero-order chi connectivity index (χ0) is 18.0. The minimum atomic E-state index is -0.602. The van der Waals surface area contributed by atoms with Gasteiger partial charge in [-0.05, 0) is 43.2 Å². The number of aromatic nitrogens is 4. The van der Waals surface area contributed by atoms with Crippen LogP contribution in [0.4, 0.5) is 5.69 Å². The second-order valence-corrected chi connectivity index (χ2v) is 5.57. The Hall–Kier alpha value is -3.55. The smallest absolute Gasteiger partial charge is 0.276 e. The zero-order valence-electron chi connectivity index (χ0n) is 13.7. The summed E-state index contributed by atoms with van der Waals surface area (Å²) in [6.07, 6.45) is 4.92. The molecule has 0 spiro atoms. The van der Waals surface area contributed by atoms with Crippen molar-refractivity contribution in [3.63, 3.8) is 0 Å². The number of primary amides is 1. The van der Waals surface area contributed by atoms with Gasteiger partial charge in [0.2, 0.25) is 0 Å². The van der Waals surface area contributed by atoms with Crippen LogP contribution in [0.2, 0.25) is 0 Å². The summed E-state index contributed by atoms with van der Waals surface area (Å²) in [5, 5.41) is 10.6. The molecule has 0 unspecified atom stereocenters. The molecule has 2 amide bonds. The molecule has 25 heavy (non-hydrogen) atoms. The van der Waals surface area contributed by atoms with Crippen molar-refractivity contribution in [2.45, 2.75) is 13.8 Å². The van der Waals surface area contributed by atoms with Crippen LogP contribution in [0, 0.1) is 13.8 Å². The van der Waals surface area contributed by atoms with Crippen molar-refractivity contribution in [3.05, 3.63) is 65.4 Å². The third-order valence-electron chi connectivity index (χ3n) is 3.63. The molecule has 3 N–H and O–H groups in total. The lowest BCUT2D eigenvalue weighted by Crippen LogP contribution is -2.20. The van der Waals surface area contributed by atoms with Crippen molar-refractivity contribution in [1.82, 2.24) is 19.7 Å². The molecule has 3 aromatic rings. The van der Waals surface area contributed by atoms with Crippen LogP contribution in [0.5, 0.6) is 0 Å². The number of hydrogen-bond donors (Lipinski definition) is 2. The maximum atomic E-state index is 12.4. The average Bonchev–Trinajstić information content (AvgIpc) is 3.08. The van der Waals surface area contributed by atoms with Crippen LogP contribution in [-0.2, 0) is 0 Å². The molecule has 2 heterocycles. The predicted octanol–water partition coefficient (Wildman–Crippen LogP) is 1.63. The minimum Gasteiger partial charge on any atom is -0.366 e. The van der Waals surface area contributed by atoms with Crippen molar-refractivity contribution in [2.24, 2.45) is 5.73 Å². The van der Waals surface area contributed by atoms with Crippen LogP contribution in [0.3, 0.4) is 0 Å². The fourth-order valence-electron chi connectivity index (χ4n) is 2.56. The number of rotatable bonds is 4. The molecule has 0 aliphatic carbocycles. The Morgan fingerprint density at radius 1 is 1.16 bits per heavy atom. The Kier molecular flexibility index (Phi) is 4.25. The SMILES string of the molecule is Cc1cc(C)c(C(N)=O)c(NC(=O)c2ccc(-n3ccnc3)nn2)c1. The second kappa shape index (κ2) is 6.52. The summed E-state index contributed by atoms with van der Waals surface area (Å²) < 4.78 is 1.67. The average molecular weight is 336 g/mol. The van der Waals surface area contributed by atoms with E-state index in [1.165, 1.54) is 0 Å². The van der Waals surface area contributed by atoms with Crippen molar-refractivity contribution in [2.75, 3.05) is 5.32 Å². The van der Waals surface area contributed by atoms with E-state index >= 15 is 0 Å². The van der Waals surface area contributed by atoms with E-state index in [9.17, 15) is 9.59 Å². The molecule has 1 aromatic carbocycles. The molecule has 8 heteroatoms. The molecule has 8 nitrogen and oxygen atoms in total. The zero-order valence-corrected chi connectivity index (χ0v) is 13.7. The van der Waals surface area contributed by atoms with Crippen LogP contribution in [-0.4, -0.2) is 31.6 Å². The van der Waals surface area contributed by atoms with Gasteiger partial charge in [-0.25, -0.2) is 4.98 Å². The van der Waals surface area contributed by atoms with E-state index in [1.54, 1.807) is 48.4 Å². The summed E-state index contributed by atoms with van der Waals surface area (Å²) in [6.45, 7) is 3.63. The number of nitrogens with two attached hydrogens (primary N) is 1. The highest BCUT2D eigenvalue weighted by molar-refractivity contribution is 6.08. The van der Waals surface area contributed by atoms with Gasteiger partial charge in [0.25, 0.3) is 11.8 Å².